The molecule has 14 aromatic rings. The van der Waals surface area contributed by atoms with Gasteiger partial charge in [-0.25, -0.2) is 0 Å². The molecule has 0 amide bonds. The summed E-state index contributed by atoms with van der Waals surface area (Å²) in [4.78, 5) is 5.17. The first-order chi connectivity index (χ1) is 47.9. The Morgan fingerprint density at radius 3 is 1.14 bits per heavy atom. The van der Waals surface area contributed by atoms with Crippen LogP contribution < -0.4 is 9.80 Å². The number of nitrogens with zero attached hydrogens (tertiary/aromatic N) is 2. The molecule has 0 heterocycles. The zero-order valence-electron chi connectivity index (χ0n) is 54.3. The molecule has 0 fully saturated rings. The van der Waals surface area contributed by atoms with Gasteiger partial charge in [0, 0.05) is 33.6 Å². The third kappa shape index (κ3) is 8.39. The molecular weight excluding hydrogens is 1170 g/mol. The molecule has 14 aromatic carbocycles. The van der Waals surface area contributed by atoms with Gasteiger partial charge >= 0.3 is 0 Å². The Bertz CT molecular complexity index is 5280. The summed E-state index contributed by atoms with van der Waals surface area (Å²) >= 11 is 0. The van der Waals surface area contributed by atoms with Crippen LogP contribution >= 0.6 is 0 Å². The molecule has 0 bridgehead atoms. The molecule has 0 saturated heterocycles. The van der Waals surface area contributed by atoms with E-state index in [1.54, 1.807) is 0 Å². The van der Waals surface area contributed by atoms with Crippen LogP contribution in [0.4, 0.5) is 34.1 Å². The van der Waals surface area contributed by atoms with Crippen molar-refractivity contribution in [1.29, 1.82) is 0 Å². The second kappa shape index (κ2) is 22.1. The van der Waals surface area contributed by atoms with Crippen LogP contribution in [-0.4, -0.2) is 0 Å². The number of benzene rings is 14. The Balaban J connectivity index is 0.911. The Kier molecular flexibility index (Phi) is 12.9. The summed E-state index contributed by atoms with van der Waals surface area (Å²) in [5.41, 5.74) is 35.5. The molecule has 3 atom stereocenters. The summed E-state index contributed by atoms with van der Waals surface area (Å²) in [6, 6.07) is 128. The lowest BCUT2D eigenvalue weighted by molar-refractivity contribution is 0.714. The molecule has 2 nitrogen and oxygen atoms in total. The van der Waals surface area contributed by atoms with Gasteiger partial charge in [0.15, 0.2) is 0 Å². The Morgan fingerprint density at radius 2 is 0.649 bits per heavy atom. The van der Waals surface area contributed by atoms with Gasteiger partial charge in [-0.05, 0) is 221 Å². The number of allylic oxidation sites excluding steroid dienone is 4. The van der Waals surface area contributed by atoms with Crippen LogP contribution in [-0.2, 0) is 16.2 Å². The van der Waals surface area contributed by atoms with Crippen molar-refractivity contribution in [2.45, 2.75) is 42.9 Å². The molecule has 3 unspecified atom stereocenters. The second-order valence-electron chi connectivity index (χ2n) is 27.1. The van der Waals surface area contributed by atoms with Crippen LogP contribution in [0, 0.1) is 0 Å². The number of anilines is 6. The molecule has 0 saturated carbocycles. The molecule has 1 spiro atoms. The summed E-state index contributed by atoms with van der Waals surface area (Å²) in [6.07, 6.45) is 6.95. The Labute approximate surface area is 568 Å². The first-order valence-corrected chi connectivity index (χ1v) is 34.3. The monoisotopic (exact) mass is 1240 g/mol. The van der Waals surface area contributed by atoms with Crippen LogP contribution in [0.25, 0.3) is 72.3 Å². The summed E-state index contributed by atoms with van der Waals surface area (Å²) in [5, 5.41) is 0. The summed E-state index contributed by atoms with van der Waals surface area (Å²) in [7, 11) is 0. The lowest BCUT2D eigenvalue weighted by Gasteiger charge is -2.37. The molecule has 19 rings (SSSR count). The third-order valence-corrected chi connectivity index (χ3v) is 22.3. The van der Waals surface area contributed by atoms with Crippen molar-refractivity contribution in [2.24, 2.45) is 0 Å². The van der Waals surface area contributed by atoms with Crippen molar-refractivity contribution >= 4 is 39.7 Å². The predicted octanol–water partition coefficient (Wildman–Crippen LogP) is 24.7. The van der Waals surface area contributed by atoms with E-state index in [0.717, 1.165) is 69.2 Å². The fraction of sp³-hybridized carbons (Fsp3) is 0.0737. The van der Waals surface area contributed by atoms with Gasteiger partial charge in [0.2, 0.25) is 0 Å². The van der Waals surface area contributed by atoms with E-state index in [4.69, 9.17) is 0 Å². The van der Waals surface area contributed by atoms with Gasteiger partial charge in [-0.15, -0.1) is 0 Å². The number of rotatable bonds is 11. The first-order valence-electron chi connectivity index (χ1n) is 34.3. The highest BCUT2D eigenvalue weighted by molar-refractivity contribution is 6.00. The average molecular weight is 1240 g/mol. The third-order valence-electron chi connectivity index (χ3n) is 22.3. The SMILES string of the molecule is CC1(c2ccccc2)c2ccccc2-c2cccc(N(c3ccc(-c4ccccc4)cc3)c3cc(-c4ccc5c(c4)-c4ccccc4C54C5=C(CCC=C5)c5ccccc54)cc(N(c4ccc(-c5ccccc5)cc4)c4cccc5c4C(C)(c4ccccc4)c4ccccc4-5)c3)c21. The molecule has 0 radical (unpaired) electrons. The maximum absolute atomic E-state index is 2.58. The van der Waals surface area contributed by atoms with Gasteiger partial charge in [0.25, 0.3) is 0 Å². The molecule has 458 valence electrons. The minimum absolute atomic E-state index is 0.431. The number of fused-ring (bicyclic) bond motifs is 15. The van der Waals surface area contributed by atoms with Crippen LogP contribution in [0.2, 0.25) is 0 Å². The second-order valence-corrected chi connectivity index (χ2v) is 27.1. The van der Waals surface area contributed by atoms with E-state index >= 15 is 0 Å². The quantitative estimate of drug-likeness (QED) is 0.127. The van der Waals surface area contributed by atoms with E-state index in [2.05, 4.69) is 376 Å². The maximum atomic E-state index is 2.58. The van der Waals surface area contributed by atoms with E-state index in [-0.39, 0.29) is 0 Å². The largest absolute Gasteiger partial charge is 0.310 e. The van der Waals surface area contributed by atoms with Crippen molar-refractivity contribution < 1.29 is 0 Å². The normalized spacial score (nSPS) is 17.8. The minimum Gasteiger partial charge on any atom is -0.310 e. The lowest BCUT2D eigenvalue weighted by atomic mass is 9.69. The van der Waals surface area contributed by atoms with E-state index in [0.29, 0.717) is 0 Å². The van der Waals surface area contributed by atoms with Crippen molar-refractivity contribution in [3.63, 3.8) is 0 Å². The fourth-order valence-corrected chi connectivity index (χ4v) is 18.0. The summed E-state index contributed by atoms with van der Waals surface area (Å²) in [5.74, 6) is 0. The van der Waals surface area contributed by atoms with Crippen molar-refractivity contribution in [2.75, 3.05) is 9.80 Å². The van der Waals surface area contributed by atoms with E-state index in [1.807, 2.05) is 0 Å². The minimum atomic E-state index is -0.522. The van der Waals surface area contributed by atoms with Crippen LogP contribution in [0.1, 0.15) is 82.3 Å². The highest BCUT2D eigenvalue weighted by atomic mass is 15.2. The van der Waals surface area contributed by atoms with Gasteiger partial charge in [0.05, 0.1) is 16.8 Å². The summed E-state index contributed by atoms with van der Waals surface area (Å²) in [6.45, 7) is 4.90. The summed E-state index contributed by atoms with van der Waals surface area (Å²) < 4.78 is 0. The molecule has 97 heavy (non-hydrogen) atoms. The number of hydrogen-bond acceptors (Lipinski definition) is 2. The molecular formula is C95H68N2. The highest BCUT2D eigenvalue weighted by Gasteiger charge is 2.53. The number of hydrogen-bond donors (Lipinski definition) is 0. The fourth-order valence-electron chi connectivity index (χ4n) is 18.0. The van der Waals surface area contributed by atoms with Crippen molar-refractivity contribution in [3.05, 3.63) is 413 Å². The van der Waals surface area contributed by atoms with E-state index in [9.17, 15) is 0 Å². The smallest absolute Gasteiger partial charge is 0.0722 e. The lowest BCUT2D eigenvalue weighted by Crippen LogP contribution is -2.27. The maximum Gasteiger partial charge on any atom is 0.0722 e. The molecule has 0 aliphatic heterocycles. The average Bonchev–Trinajstić information content (AvgIpc) is 1.52. The van der Waals surface area contributed by atoms with Gasteiger partial charge in [-0.1, -0.05) is 291 Å². The predicted molar refractivity (Wildman–Crippen MR) is 404 cm³/mol. The topological polar surface area (TPSA) is 6.48 Å². The van der Waals surface area contributed by atoms with Crippen LogP contribution in [0.3, 0.4) is 0 Å². The molecule has 5 aliphatic carbocycles. The van der Waals surface area contributed by atoms with Gasteiger partial charge < -0.3 is 9.80 Å². The molecule has 5 aliphatic rings. The molecule has 0 aromatic heterocycles. The molecule has 2 heteroatoms. The first kappa shape index (κ1) is 56.7. The van der Waals surface area contributed by atoms with Gasteiger partial charge in [0.1, 0.15) is 0 Å². The van der Waals surface area contributed by atoms with Crippen LogP contribution in [0.15, 0.2) is 357 Å². The van der Waals surface area contributed by atoms with Gasteiger partial charge in [-0.2, -0.15) is 0 Å². The van der Waals surface area contributed by atoms with Crippen LogP contribution in [0.5, 0.6) is 0 Å². The van der Waals surface area contributed by atoms with E-state index < -0.39 is 16.2 Å². The zero-order chi connectivity index (χ0) is 64.4. The standard InChI is InChI=1S/C95H68N2/c1-93(69-31-11-5-12-32-69)83-42-20-15-37-77(83)80-40-25-47-89(91(80)93)96(71-54-49-65(50-55-71)63-27-7-3-8-28-63)73-59-68(67-53-58-88-82(61-67)79-39-19-24-46-87(79)95(88)85-44-22-17-35-75(85)76-36-18-23-45-86(76)95)60-74(62-73)97(72-56-51-66(52-57-72)64-29-9-4-10-30-64)90-48-26-41-81-78-38-16-21-43-84(78)94(2,92(81)90)70-33-13-6-14-34-70/h3-17,19-35,37-62H,18,36H2,1-2H3. The Morgan fingerprint density at radius 1 is 0.268 bits per heavy atom. The van der Waals surface area contributed by atoms with E-state index in [1.165, 1.54) is 111 Å². The molecule has 0 N–H and O–H groups in total. The Hall–Kier alpha value is -11.8. The zero-order valence-corrected chi connectivity index (χ0v) is 54.3. The van der Waals surface area contributed by atoms with Crippen molar-refractivity contribution in [1.82, 2.24) is 0 Å². The van der Waals surface area contributed by atoms with Crippen molar-refractivity contribution in [3.8, 4) is 66.8 Å². The highest BCUT2D eigenvalue weighted by Crippen LogP contribution is 2.65. The van der Waals surface area contributed by atoms with Gasteiger partial charge in [-0.3, -0.25) is 0 Å².